The smallest absolute Gasteiger partial charge is 0.329 e. The summed E-state index contributed by atoms with van der Waals surface area (Å²) in [4.78, 5) is 32.3. The second kappa shape index (κ2) is 6.22. The number of nitrogens with zero attached hydrogens (tertiary/aromatic N) is 5. The highest BCUT2D eigenvalue weighted by molar-refractivity contribution is 5.93. The molecule has 4 heterocycles. The molecule has 5 rings (SSSR count). The lowest BCUT2D eigenvalue weighted by Crippen LogP contribution is -2.43. The molecule has 0 spiro atoms. The Morgan fingerprint density at radius 1 is 1.14 bits per heavy atom. The standard InChI is InChI=1S/C19H17F2N5O2/c20-19(21)26-15(7-8-22-26)18(28)25-11-5-6-12(25)10-24-16(9-11)23-14-4-2-1-3-13(14)17(24)27/h1-4,7-8,11-12,19H,5-6,9-10H2. The Balaban J connectivity index is 1.57. The van der Waals surface area contributed by atoms with E-state index in [4.69, 9.17) is 0 Å². The summed E-state index contributed by atoms with van der Waals surface area (Å²) in [6.45, 7) is -2.57. The van der Waals surface area contributed by atoms with E-state index in [9.17, 15) is 18.4 Å². The molecular formula is C19H17F2N5O2. The monoisotopic (exact) mass is 385 g/mol. The molecule has 144 valence electrons. The number of aromatic nitrogens is 4. The zero-order valence-electron chi connectivity index (χ0n) is 14.8. The van der Waals surface area contributed by atoms with Crippen LogP contribution in [0.5, 0.6) is 0 Å². The number of para-hydroxylation sites is 1. The van der Waals surface area contributed by atoms with E-state index in [1.807, 2.05) is 6.07 Å². The zero-order valence-corrected chi connectivity index (χ0v) is 14.8. The minimum atomic E-state index is -2.88. The van der Waals surface area contributed by atoms with Crippen LogP contribution >= 0.6 is 0 Å². The molecule has 1 amide bonds. The van der Waals surface area contributed by atoms with Crippen LogP contribution in [0, 0.1) is 0 Å². The summed E-state index contributed by atoms with van der Waals surface area (Å²) in [5.41, 5.74) is 0.367. The zero-order chi connectivity index (χ0) is 19.4. The fourth-order valence-electron chi connectivity index (χ4n) is 4.42. The van der Waals surface area contributed by atoms with Crippen LogP contribution in [-0.4, -0.2) is 42.2 Å². The number of fused-ring (bicyclic) bond motifs is 4. The minimum Gasteiger partial charge on any atom is -0.329 e. The van der Waals surface area contributed by atoms with Crippen molar-refractivity contribution in [2.45, 2.75) is 44.4 Å². The Morgan fingerprint density at radius 3 is 2.75 bits per heavy atom. The van der Waals surface area contributed by atoms with Gasteiger partial charge in [-0.1, -0.05) is 12.1 Å². The molecule has 0 radical (unpaired) electrons. The van der Waals surface area contributed by atoms with Crippen molar-refractivity contribution in [2.24, 2.45) is 0 Å². The maximum atomic E-state index is 13.2. The first-order chi connectivity index (χ1) is 13.5. The average Bonchev–Trinajstić information content (AvgIpc) is 3.27. The van der Waals surface area contributed by atoms with E-state index in [-0.39, 0.29) is 23.3 Å². The maximum absolute atomic E-state index is 13.2. The SMILES string of the molecule is O=C(c1ccnn1C(F)F)N1C2CCC1Cn1c(nc3ccccc3c1=O)C2. The van der Waals surface area contributed by atoms with E-state index in [0.29, 0.717) is 34.4 Å². The quantitative estimate of drug-likeness (QED) is 0.678. The van der Waals surface area contributed by atoms with Crippen molar-refractivity contribution < 1.29 is 13.6 Å². The lowest BCUT2D eigenvalue weighted by Gasteiger charge is -2.27. The van der Waals surface area contributed by atoms with E-state index in [1.165, 1.54) is 12.3 Å². The molecule has 1 saturated heterocycles. The van der Waals surface area contributed by atoms with Crippen LogP contribution < -0.4 is 5.56 Å². The van der Waals surface area contributed by atoms with Gasteiger partial charge >= 0.3 is 6.55 Å². The van der Waals surface area contributed by atoms with Gasteiger partial charge in [-0.15, -0.1) is 0 Å². The first-order valence-electron chi connectivity index (χ1n) is 9.17. The van der Waals surface area contributed by atoms with Gasteiger partial charge in [0.25, 0.3) is 11.5 Å². The summed E-state index contributed by atoms with van der Waals surface area (Å²) in [6, 6.07) is 8.06. The van der Waals surface area contributed by atoms with Gasteiger partial charge in [0.05, 0.1) is 16.9 Å². The third-order valence-electron chi connectivity index (χ3n) is 5.68. The molecule has 3 aromatic rings. The molecule has 7 nitrogen and oxygen atoms in total. The molecule has 1 aromatic carbocycles. The van der Waals surface area contributed by atoms with Crippen molar-refractivity contribution in [2.75, 3.05) is 0 Å². The highest BCUT2D eigenvalue weighted by Gasteiger charge is 2.42. The van der Waals surface area contributed by atoms with E-state index < -0.39 is 12.5 Å². The van der Waals surface area contributed by atoms with Crippen molar-refractivity contribution in [1.29, 1.82) is 0 Å². The third-order valence-corrected chi connectivity index (χ3v) is 5.68. The molecule has 0 N–H and O–H groups in total. The molecule has 28 heavy (non-hydrogen) atoms. The van der Waals surface area contributed by atoms with Crippen LogP contribution in [0.4, 0.5) is 8.78 Å². The van der Waals surface area contributed by atoms with Gasteiger partial charge in [-0.3, -0.25) is 14.2 Å². The van der Waals surface area contributed by atoms with E-state index in [2.05, 4.69) is 10.1 Å². The van der Waals surface area contributed by atoms with Gasteiger partial charge in [0.15, 0.2) is 0 Å². The number of amides is 1. The van der Waals surface area contributed by atoms with Crippen molar-refractivity contribution in [3.05, 3.63) is 58.4 Å². The van der Waals surface area contributed by atoms with Crippen LogP contribution in [0.25, 0.3) is 10.9 Å². The maximum Gasteiger partial charge on any atom is 0.333 e. The van der Waals surface area contributed by atoms with Crippen LogP contribution in [-0.2, 0) is 13.0 Å². The second-order valence-electron chi connectivity index (χ2n) is 7.20. The number of hydrogen-bond donors (Lipinski definition) is 0. The number of hydrogen-bond acceptors (Lipinski definition) is 4. The van der Waals surface area contributed by atoms with Crippen molar-refractivity contribution in [3.8, 4) is 0 Å². The highest BCUT2D eigenvalue weighted by atomic mass is 19.3. The fraction of sp³-hybridized carbons (Fsp3) is 0.368. The number of alkyl halides is 2. The van der Waals surface area contributed by atoms with Crippen molar-refractivity contribution >= 4 is 16.8 Å². The molecule has 2 aromatic heterocycles. The number of halogens is 2. The molecule has 9 heteroatoms. The Hall–Kier alpha value is -3.10. The van der Waals surface area contributed by atoms with E-state index in [1.54, 1.807) is 27.7 Å². The van der Waals surface area contributed by atoms with Crippen LogP contribution in [0.2, 0.25) is 0 Å². The van der Waals surface area contributed by atoms with E-state index >= 15 is 0 Å². The summed E-state index contributed by atoms with van der Waals surface area (Å²) in [5.74, 6) is 0.159. The molecule has 2 aliphatic heterocycles. The van der Waals surface area contributed by atoms with Crippen LogP contribution in [0.3, 0.4) is 0 Å². The molecule has 2 aliphatic rings. The summed E-state index contributed by atoms with van der Waals surface area (Å²) in [6.07, 6.45) is 3.09. The number of carbonyl (C=O) groups excluding carboxylic acids is 1. The third kappa shape index (κ3) is 2.45. The predicted octanol–water partition coefficient (Wildman–Crippen LogP) is 2.22. The molecule has 0 aliphatic carbocycles. The fourth-order valence-corrected chi connectivity index (χ4v) is 4.42. The van der Waals surface area contributed by atoms with Gasteiger partial charge in [-0.05, 0) is 31.0 Å². The lowest BCUT2D eigenvalue weighted by molar-refractivity contribution is 0.0432. The Labute approximate surface area is 158 Å². The van der Waals surface area contributed by atoms with Crippen molar-refractivity contribution in [1.82, 2.24) is 24.2 Å². The van der Waals surface area contributed by atoms with Gasteiger partial charge in [-0.25, -0.2) is 4.98 Å². The van der Waals surface area contributed by atoms with Gasteiger partial charge in [0, 0.05) is 25.2 Å². The first kappa shape index (κ1) is 17.0. The Morgan fingerprint density at radius 2 is 1.93 bits per heavy atom. The molecule has 2 unspecified atom stereocenters. The van der Waals surface area contributed by atoms with Gasteiger partial charge in [0.1, 0.15) is 11.5 Å². The largest absolute Gasteiger partial charge is 0.333 e. The lowest BCUT2D eigenvalue weighted by atomic mass is 10.1. The Kier molecular flexibility index (Phi) is 3.78. The van der Waals surface area contributed by atoms with Crippen LogP contribution in [0.15, 0.2) is 41.3 Å². The minimum absolute atomic E-state index is 0.127. The van der Waals surface area contributed by atoms with E-state index in [0.717, 1.165) is 12.8 Å². The number of rotatable bonds is 2. The summed E-state index contributed by atoms with van der Waals surface area (Å²) < 4.78 is 28.4. The first-order valence-corrected chi connectivity index (χ1v) is 9.17. The molecule has 2 atom stereocenters. The van der Waals surface area contributed by atoms with Gasteiger partial charge in [-0.2, -0.15) is 18.6 Å². The van der Waals surface area contributed by atoms with Gasteiger partial charge in [0.2, 0.25) is 0 Å². The Bertz CT molecular complexity index is 1140. The number of benzene rings is 1. The molecule has 0 saturated carbocycles. The predicted molar refractivity (Wildman–Crippen MR) is 96.2 cm³/mol. The summed E-state index contributed by atoms with van der Waals surface area (Å²) >= 11 is 0. The van der Waals surface area contributed by atoms with Crippen LogP contribution in [0.1, 0.15) is 35.7 Å². The molecule has 2 bridgehead atoms. The highest BCUT2D eigenvalue weighted by Crippen LogP contribution is 2.32. The topological polar surface area (TPSA) is 73.0 Å². The number of carbonyl (C=O) groups is 1. The second-order valence-corrected chi connectivity index (χ2v) is 7.20. The normalized spacial score (nSPS) is 21.2. The molecule has 1 fully saturated rings. The summed E-state index contributed by atoms with van der Waals surface area (Å²) in [7, 11) is 0. The molecular weight excluding hydrogens is 368 g/mol. The van der Waals surface area contributed by atoms with Crippen molar-refractivity contribution in [3.63, 3.8) is 0 Å². The summed E-state index contributed by atoms with van der Waals surface area (Å²) in [5, 5.41) is 4.11. The van der Waals surface area contributed by atoms with Gasteiger partial charge < -0.3 is 4.90 Å². The average molecular weight is 385 g/mol.